The molecule has 0 bridgehead atoms. The molecule has 1 aliphatic carbocycles. The van der Waals surface area contributed by atoms with Crippen molar-refractivity contribution in [3.05, 3.63) is 29.8 Å². The molecular weight excluding hydrogens is 236 g/mol. The van der Waals surface area contributed by atoms with Crippen LogP contribution >= 0.6 is 0 Å². The van der Waals surface area contributed by atoms with E-state index in [1.165, 1.54) is 11.3 Å². The largest absolute Gasteiger partial charge is 0.372 e. The van der Waals surface area contributed by atoms with Gasteiger partial charge in [0.05, 0.1) is 6.10 Å². The number of hydrogen-bond donors (Lipinski definition) is 1. The van der Waals surface area contributed by atoms with Crippen LogP contribution < -0.4 is 10.8 Å². The molecular formula is C16H26N2O. The van der Waals surface area contributed by atoms with Gasteiger partial charge in [-0.05, 0) is 49.3 Å². The van der Waals surface area contributed by atoms with E-state index in [0.29, 0.717) is 12.0 Å². The zero-order valence-electron chi connectivity index (χ0n) is 12.3. The fraction of sp³-hybridized carbons (Fsp3) is 0.625. The second kappa shape index (κ2) is 6.40. The van der Waals surface area contributed by atoms with Crippen molar-refractivity contribution in [3.8, 4) is 0 Å². The normalized spacial score (nSPS) is 23.6. The first-order valence-electron chi connectivity index (χ1n) is 7.30. The average Bonchev–Trinajstić information content (AvgIpc) is 2.46. The second-order valence-corrected chi connectivity index (χ2v) is 5.92. The topological polar surface area (TPSA) is 38.5 Å². The lowest BCUT2D eigenvalue weighted by molar-refractivity contribution is 0.0243. The number of nitrogens with two attached hydrogens (primary N) is 1. The van der Waals surface area contributed by atoms with Crippen LogP contribution in [0.1, 0.15) is 51.0 Å². The Morgan fingerprint density at radius 1 is 1.11 bits per heavy atom. The third-order valence-corrected chi connectivity index (χ3v) is 4.35. The van der Waals surface area contributed by atoms with Crippen molar-refractivity contribution >= 4 is 5.69 Å². The predicted molar refractivity (Wildman–Crippen MR) is 80.3 cm³/mol. The standard InChI is InChI=1S/C16H26N2O/c1-12(2)13-4-6-14(7-5-13)18(3)15-8-10-16(19-17)11-9-15/h4-7,12,15-16H,8-11,17H2,1-3H3. The molecule has 2 N–H and O–H groups in total. The molecule has 3 nitrogen and oxygen atoms in total. The lowest BCUT2D eigenvalue weighted by Crippen LogP contribution is -2.37. The third-order valence-electron chi connectivity index (χ3n) is 4.35. The van der Waals surface area contributed by atoms with E-state index in [0.717, 1.165) is 25.7 Å². The van der Waals surface area contributed by atoms with Gasteiger partial charge in [0, 0.05) is 18.8 Å². The molecule has 106 valence electrons. The quantitative estimate of drug-likeness (QED) is 0.845. The Kier molecular flexibility index (Phi) is 4.83. The Hall–Kier alpha value is -1.06. The van der Waals surface area contributed by atoms with E-state index in [1.54, 1.807) is 0 Å². The van der Waals surface area contributed by atoms with E-state index in [1.807, 2.05) is 0 Å². The van der Waals surface area contributed by atoms with Crippen LogP contribution in [0.15, 0.2) is 24.3 Å². The fourth-order valence-electron chi connectivity index (χ4n) is 2.87. The van der Waals surface area contributed by atoms with E-state index in [-0.39, 0.29) is 6.10 Å². The van der Waals surface area contributed by atoms with E-state index < -0.39 is 0 Å². The van der Waals surface area contributed by atoms with Crippen LogP contribution in [-0.4, -0.2) is 19.2 Å². The van der Waals surface area contributed by atoms with Gasteiger partial charge in [0.1, 0.15) is 0 Å². The van der Waals surface area contributed by atoms with Crippen molar-refractivity contribution in [2.24, 2.45) is 5.90 Å². The van der Waals surface area contributed by atoms with Gasteiger partial charge in [-0.2, -0.15) is 0 Å². The molecule has 0 saturated heterocycles. The molecule has 0 heterocycles. The summed E-state index contributed by atoms with van der Waals surface area (Å²) in [6.45, 7) is 4.46. The molecule has 1 aromatic carbocycles. The second-order valence-electron chi connectivity index (χ2n) is 5.92. The minimum Gasteiger partial charge on any atom is -0.372 e. The van der Waals surface area contributed by atoms with Crippen molar-refractivity contribution in [1.82, 2.24) is 0 Å². The van der Waals surface area contributed by atoms with Crippen molar-refractivity contribution in [2.45, 2.75) is 57.6 Å². The van der Waals surface area contributed by atoms with Crippen LogP contribution in [0.4, 0.5) is 5.69 Å². The molecule has 0 atom stereocenters. The molecule has 2 rings (SSSR count). The summed E-state index contributed by atoms with van der Waals surface area (Å²) in [5.41, 5.74) is 2.71. The molecule has 3 heteroatoms. The number of nitrogens with zero attached hydrogens (tertiary/aromatic N) is 1. The highest BCUT2D eigenvalue weighted by Gasteiger charge is 2.24. The lowest BCUT2D eigenvalue weighted by Gasteiger charge is -2.35. The summed E-state index contributed by atoms with van der Waals surface area (Å²) in [7, 11) is 2.19. The Morgan fingerprint density at radius 3 is 2.16 bits per heavy atom. The van der Waals surface area contributed by atoms with Crippen LogP contribution in [0.2, 0.25) is 0 Å². The SMILES string of the molecule is CC(C)c1ccc(N(C)C2CCC(ON)CC2)cc1. The number of benzene rings is 1. The summed E-state index contributed by atoms with van der Waals surface area (Å²) in [6, 6.07) is 9.56. The average molecular weight is 262 g/mol. The van der Waals surface area contributed by atoms with Crippen LogP contribution in [0, 0.1) is 0 Å². The summed E-state index contributed by atoms with van der Waals surface area (Å²) in [4.78, 5) is 7.35. The molecule has 19 heavy (non-hydrogen) atoms. The van der Waals surface area contributed by atoms with Crippen LogP contribution in [-0.2, 0) is 4.84 Å². The number of rotatable bonds is 4. The zero-order valence-corrected chi connectivity index (χ0v) is 12.3. The molecule has 1 aliphatic rings. The highest BCUT2D eigenvalue weighted by molar-refractivity contribution is 5.48. The van der Waals surface area contributed by atoms with Crippen LogP contribution in [0.3, 0.4) is 0 Å². The maximum atomic E-state index is 5.27. The van der Waals surface area contributed by atoms with Gasteiger partial charge in [-0.15, -0.1) is 0 Å². The van der Waals surface area contributed by atoms with Gasteiger partial charge in [0.2, 0.25) is 0 Å². The molecule has 0 aromatic heterocycles. The molecule has 1 aromatic rings. The van der Waals surface area contributed by atoms with Gasteiger partial charge in [-0.3, -0.25) is 0 Å². The van der Waals surface area contributed by atoms with E-state index in [2.05, 4.69) is 50.1 Å². The van der Waals surface area contributed by atoms with E-state index in [4.69, 9.17) is 10.7 Å². The smallest absolute Gasteiger partial charge is 0.0789 e. The monoisotopic (exact) mass is 262 g/mol. The Labute approximate surface area is 116 Å². The predicted octanol–water partition coefficient (Wildman–Crippen LogP) is 3.45. The highest BCUT2D eigenvalue weighted by atomic mass is 16.6. The molecule has 0 unspecified atom stereocenters. The number of anilines is 1. The zero-order chi connectivity index (χ0) is 13.8. The third kappa shape index (κ3) is 3.48. The maximum Gasteiger partial charge on any atom is 0.0789 e. The summed E-state index contributed by atoms with van der Waals surface area (Å²) in [5, 5.41) is 0. The van der Waals surface area contributed by atoms with E-state index >= 15 is 0 Å². The molecule has 0 spiro atoms. The Bertz CT molecular complexity index is 380. The summed E-state index contributed by atoms with van der Waals surface area (Å²) < 4.78 is 0. The summed E-state index contributed by atoms with van der Waals surface area (Å²) in [6.07, 6.45) is 4.70. The van der Waals surface area contributed by atoms with Gasteiger partial charge < -0.3 is 9.74 Å². The van der Waals surface area contributed by atoms with Gasteiger partial charge in [0.15, 0.2) is 0 Å². The molecule has 0 amide bonds. The maximum absolute atomic E-state index is 5.27. The highest BCUT2D eigenvalue weighted by Crippen LogP contribution is 2.28. The van der Waals surface area contributed by atoms with Gasteiger partial charge in [-0.25, -0.2) is 5.90 Å². The fourth-order valence-corrected chi connectivity index (χ4v) is 2.87. The first-order valence-corrected chi connectivity index (χ1v) is 7.30. The number of hydrogen-bond acceptors (Lipinski definition) is 3. The molecule has 0 radical (unpaired) electrons. The van der Waals surface area contributed by atoms with Crippen LogP contribution in [0.25, 0.3) is 0 Å². The first kappa shape index (κ1) is 14.4. The molecule has 1 saturated carbocycles. The summed E-state index contributed by atoms with van der Waals surface area (Å²) >= 11 is 0. The van der Waals surface area contributed by atoms with Crippen molar-refractivity contribution in [1.29, 1.82) is 0 Å². The Balaban J connectivity index is 1.97. The van der Waals surface area contributed by atoms with Crippen LogP contribution in [0.5, 0.6) is 0 Å². The minimum absolute atomic E-state index is 0.257. The van der Waals surface area contributed by atoms with E-state index in [9.17, 15) is 0 Å². The minimum atomic E-state index is 0.257. The van der Waals surface area contributed by atoms with Crippen molar-refractivity contribution < 1.29 is 4.84 Å². The van der Waals surface area contributed by atoms with Crippen molar-refractivity contribution in [2.75, 3.05) is 11.9 Å². The van der Waals surface area contributed by atoms with Crippen molar-refractivity contribution in [3.63, 3.8) is 0 Å². The molecule has 0 aliphatic heterocycles. The molecule has 1 fully saturated rings. The first-order chi connectivity index (χ1) is 9.11. The lowest BCUT2D eigenvalue weighted by atomic mass is 9.91. The summed E-state index contributed by atoms with van der Waals surface area (Å²) in [5.74, 6) is 5.86. The van der Waals surface area contributed by atoms with Gasteiger partial charge >= 0.3 is 0 Å². The Morgan fingerprint density at radius 2 is 1.68 bits per heavy atom. The van der Waals surface area contributed by atoms with Gasteiger partial charge in [-0.1, -0.05) is 26.0 Å². The van der Waals surface area contributed by atoms with Gasteiger partial charge in [0.25, 0.3) is 0 Å².